The van der Waals surface area contributed by atoms with Crippen LogP contribution in [0.15, 0.2) is 12.1 Å². The topological polar surface area (TPSA) is 44.5 Å². The van der Waals surface area contributed by atoms with Crippen molar-refractivity contribution in [3.63, 3.8) is 0 Å². The summed E-state index contributed by atoms with van der Waals surface area (Å²) in [4.78, 5) is 0. The molecule has 2 rings (SSSR count). The van der Waals surface area contributed by atoms with Crippen LogP contribution in [0.3, 0.4) is 0 Å². The summed E-state index contributed by atoms with van der Waals surface area (Å²) in [6, 6.07) is 2.80. The minimum atomic E-state index is -0.298. The highest BCUT2D eigenvalue weighted by Gasteiger charge is 2.15. The van der Waals surface area contributed by atoms with Crippen molar-refractivity contribution in [2.75, 3.05) is 6.79 Å². The molecule has 0 aliphatic carbocycles. The van der Waals surface area contributed by atoms with Gasteiger partial charge in [0.05, 0.1) is 6.61 Å². The predicted molar refractivity (Wildman–Crippen MR) is 44.6 cm³/mol. The molecule has 1 aliphatic heterocycles. The summed E-state index contributed by atoms with van der Waals surface area (Å²) in [5.74, 6) is 0.378. The molecule has 1 aliphatic rings. The molecule has 0 saturated carbocycles. The molecule has 0 amide bonds. The third-order valence-corrected chi connectivity index (χ3v) is 1.97. The van der Waals surface area contributed by atoms with E-state index in [0.717, 1.165) is 5.56 Å². The highest BCUT2D eigenvalue weighted by molar-refractivity contribution is 5.42. The molecule has 4 heteroatoms. The van der Waals surface area contributed by atoms with Crippen molar-refractivity contribution >= 4 is 0 Å². The van der Waals surface area contributed by atoms with E-state index in [1.807, 2.05) is 0 Å². The third kappa shape index (κ3) is 1.50. The van der Waals surface area contributed by atoms with Crippen LogP contribution in [0.25, 0.3) is 0 Å². The molecule has 1 aromatic carbocycles. The van der Waals surface area contributed by atoms with E-state index in [0.29, 0.717) is 17.9 Å². The summed E-state index contributed by atoms with van der Waals surface area (Å²) >= 11 is 0. The highest BCUT2D eigenvalue weighted by Crippen LogP contribution is 2.28. The van der Waals surface area contributed by atoms with Crippen LogP contribution in [0, 0.1) is 5.82 Å². The molecule has 2 N–H and O–H groups in total. The summed E-state index contributed by atoms with van der Waals surface area (Å²) in [6.07, 6.45) is 0. The fourth-order valence-corrected chi connectivity index (χ4v) is 1.41. The maximum absolute atomic E-state index is 13.0. The number of ether oxygens (including phenoxy) is 2. The van der Waals surface area contributed by atoms with E-state index < -0.39 is 0 Å². The van der Waals surface area contributed by atoms with Crippen molar-refractivity contribution in [1.29, 1.82) is 0 Å². The van der Waals surface area contributed by atoms with Crippen LogP contribution in [-0.4, -0.2) is 6.79 Å². The van der Waals surface area contributed by atoms with Gasteiger partial charge in [0, 0.05) is 17.7 Å². The SMILES string of the molecule is NCc1cc(F)cc2c1OCOC2. The molecular formula is C9H10FNO2. The Morgan fingerprint density at radius 1 is 1.46 bits per heavy atom. The van der Waals surface area contributed by atoms with Crippen LogP contribution in [0.2, 0.25) is 0 Å². The van der Waals surface area contributed by atoms with Crippen LogP contribution in [0.1, 0.15) is 11.1 Å². The second-order valence-electron chi connectivity index (χ2n) is 2.87. The molecule has 1 heterocycles. The number of rotatable bonds is 1. The molecule has 13 heavy (non-hydrogen) atoms. The molecule has 0 spiro atoms. The Morgan fingerprint density at radius 3 is 3.08 bits per heavy atom. The third-order valence-electron chi connectivity index (χ3n) is 1.97. The second-order valence-corrected chi connectivity index (χ2v) is 2.87. The zero-order valence-corrected chi connectivity index (χ0v) is 7.05. The Bertz CT molecular complexity index is 310. The van der Waals surface area contributed by atoms with Crippen molar-refractivity contribution in [3.05, 3.63) is 29.1 Å². The lowest BCUT2D eigenvalue weighted by atomic mass is 10.1. The van der Waals surface area contributed by atoms with E-state index in [1.165, 1.54) is 12.1 Å². The summed E-state index contributed by atoms with van der Waals surface area (Å²) in [5, 5.41) is 0. The Kier molecular flexibility index (Phi) is 2.16. The van der Waals surface area contributed by atoms with Crippen LogP contribution in [-0.2, 0) is 17.9 Å². The number of hydrogen-bond donors (Lipinski definition) is 1. The summed E-state index contributed by atoms with van der Waals surface area (Å²) in [7, 11) is 0. The van der Waals surface area contributed by atoms with Gasteiger partial charge in [0.2, 0.25) is 0 Å². The molecule has 0 aromatic heterocycles. The van der Waals surface area contributed by atoms with Gasteiger partial charge in [-0.05, 0) is 12.1 Å². The molecule has 1 aromatic rings. The molecular weight excluding hydrogens is 173 g/mol. The number of hydrogen-bond acceptors (Lipinski definition) is 3. The fraction of sp³-hybridized carbons (Fsp3) is 0.333. The molecule has 70 valence electrons. The molecule has 0 atom stereocenters. The minimum absolute atomic E-state index is 0.214. The highest BCUT2D eigenvalue weighted by atomic mass is 19.1. The van der Waals surface area contributed by atoms with Gasteiger partial charge in [-0.3, -0.25) is 0 Å². The van der Waals surface area contributed by atoms with E-state index in [4.69, 9.17) is 15.2 Å². The lowest BCUT2D eigenvalue weighted by Crippen LogP contribution is -2.14. The van der Waals surface area contributed by atoms with Gasteiger partial charge in [0.25, 0.3) is 0 Å². The van der Waals surface area contributed by atoms with E-state index >= 15 is 0 Å². The van der Waals surface area contributed by atoms with Crippen molar-refractivity contribution in [2.24, 2.45) is 5.73 Å². The molecule has 0 bridgehead atoms. The molecule has 0 saturated heterocycles. The van der Waals surface area contributed by atoms with Crippen LogP contribution >= 0.6 is 0 Å². The van der Waals surface area contributed by atoms with Crippen molar-refractivity contribution in [3.8, 4) is 5.75 Å². The van der Waals surface area contributed by atoms with E-state index in [1.54, 1.807) is 0 Å². The van der Waals surface area contributed by atoms with Crippen molar-refractivity contribution < 1.29 is 13.9 Å². The first-order chi connectivity index (χ1) is 6.31. The molecule has 0 fully saturated rings. The lowest BCUT2D eigenvalue weighted by Gasteiger charge is -2.20. The van der Waals surface area contributed by atoms with Gasteiger partial charge in [0.1, 0.15) is 11.6 Å². The van der Waals surface area contributed by atoms with Crippen LogP contribution < -0.4 is 10.5 Å². The standard InChI is InChI=1S/C9H10FNO2/c10-8-1-6(3-11)9-7(2-8)4-12-5-13-9/h1-2H,3-5,11H2. The average Bonchev–Trinajstić information content (AvgIpc) is 2.16. The normalized spacial score (nSPS) is 14.9. The summed E-state index contributed by atoms with van der Waals surface area (Å²) < 4.78 is 23.2. The molecule has 3 nitrogen and oxygen atoms in total. The van der Waals surface area contributed by atoms with Crippen LogP contribution in [0.5, 0.6) is 5.75 Å². The maximum Gasteiger partial charge on any atom is 0.189 e. The number of fused-ring (bicyclic) bond motifs is 1. The van der Waals surface area contributed by atoms with Crippen molar-refractivity contribution in [1.82, 2.24) is 0 Å². The zero-order valence-electron chi connectivity index (χ0n) is 7.05. The second kappa shape index (κ2) is 3.32. The molecule has 0 radical (unpaired) electrons. The van der Waals surface area contributed by atoms with Gasteiger partial charge in [-0.2, -0.15) is 0 Å². The Balaban J connectivity index is 2.50. The van der Waals surface area contributed by atoms with Gasteiger partial charge >= 0.3 is 0 Å². The predicted octanol–water partition coefficient (Wildman–Crippen LogP) is 1.15. The number of halogens is 1. The van der Waals surface area contributed by atoms with E-state index in [9.17, 15) is 4.39 Å². The Morgan fingerprint density at radius 2 is 2.31 bits per heavy atom. The van der Waals surface area contributed by atoms with Gasteiger partial charge in [-0.1, -0.05) is 0 Å². The molecule has 0 unspecified atom stereocenters. The Hall–Kier alpha value is -1.13. The quantitative estimate of drug-likeness (QED) is 0.710. The smallest absolute Gasteiger partial charge is 0.189 e. The van der Waals surface area contributed by atoms with E-state index in [2.05, 4.69) is 0 Å². The zero-order chi connectivity index (χ0) is 9.26. The van der Waals surface area contributed by atoms with Crippen molar-refractivity contribution in [2.45, 2.75) is 13.2 Å². The maximum atomic E-state index is 13.0. The largest absolute Gasteiger partial charge is 0.467 e. The minimum Gasteiger partial charge on any atom is -0.467 e. The van der Waals surface area contributed by atoms with Gasteiger partial charge < -0.3 is 15.2 Å². The fourth-order valence-electron chi connectivity index (χ4n) is 1.41. The number of benzene rings is 1. The Labute approximate surface area is 75.3 Å². The monoisotopic (exact) mass is 183 g/mol. The lowest BCUT2D eigenvalue weighted by molar-refractivity contribution is -0.0172. The number of nitrogens with two attached hydrogens (primary N) is 1. The van der Waals surface area contributed by atoms with Gasteiger partial charge in [-0.25, -0.2) is 4.39 Å². The first-order valence-electron chi connectivity index (χ1n) is 4.03. The first-order valence-corrected chi connectivity index (χ1v) is 4.03. The first kappa shape index (κ1) is 8.47. The van der Waals surface area contributed by atoms with Gasteiger partial charge in [-0.15, -0.1) is 0 Å². The average molecular weight is 183 g/mol. The van der Waals surface area contributed by atoms with Gasteiger partial charge in [0.15, 0.2) is 6.79 Å². The summed E-state index contributed by atoms with van der Waals surface area (Å²) in [6.45, 7) is 0.881. The van der Waals surface area contributed by atoms with E-state index in [-0.39, 0.29) is 19.2 Å². The van der Waals surface area contributed by atoms with Crippen LogP contribution in [0.4, 0.5) is 4.39 Å². The summed E-state index contributed by atoms with van der Waals surface area (Å²) in [5.41, 5.74) is 6.88.